The molecule has 7 rings (SSSR count). The first-order chi connectivity index (χ1) is 20.8. The van der Waals surface area contributed by atoms with Gasteiger partial charge in [-0.3, -0.25) is 0 Å². The molecule has 0 saturated heterocycles. The number of rotatable bonds is 8. The first-order valence-electron chi connectivity index (χ1n) is 14.6. The van der Waals surface area contributed by atoms with E-state index in [9.17, 15) is 0 Å². The van der Waals surface area contributed by atoms with E-state index in [2.05, 4.69) is 177 Å². The van der Waals surface area contributed by atoms with Crippen molar-refractivity contribution in [2.24, 2.45) is 0 Å². The number of benzene rings is 3. The fourth-order valence-corrected chi connectivity index (χ4v) is 5.92. The Bertz CT molecular complexity index is 1840. The smallest absolute Gasteiger partial charge is 0.201 e. The normalized spacial score (nSPS) is 11.2. The van der Waals surface area contributed by atoms with Crippen LogP contribution in [0.2, 0.25) is 0 Å². The molecule has 42 heavy (non-hydrogen) atoms. The van der Waals surface area contributed by atoms with Crippen molar-refractivity contribution in [2.45, 2.75) is 26.2 Å². The lowest BCUT2D eigenvalue weighted by molar-refractivity contribution is -0.693. The molecule has 0 spiro atoms. The second kappa shape index (κ2) is 11.7. The van der Waals surface area contributed by atoms with Gasteiger partial charge in [0.15, 0.2) is 63.4 Å². The van der Waals surface area contributed by atoms with Crippen molar-refractivity contribution < 1.29 is 18.3 Å². The van der Waals surface area contributed by atoms with Crippen LogP contribution in [0.4, 0.5) is 0 Å². The molecule has 0 aliphatic rings. The van der Waals surface area contributed by atoms with Crippen LogP contribution in [-0.2, 0) is 26.2 Å². The van der Waals surface area contributed by atoms with E-state index in [1.807, 2.05) is 0 Å². The molecule has 0 aliphatic heterocycles. The summed E-state index contributed by atoms with van der Waals surface area (Å²) in [4.78, 5) is 0. The van der Waals surface area contributed by atoms with Crippen LogP contribution in [0.3, 0.4) is 0 Å². The Morgan fingerprint density at radius 2 is 0.881 bits per heavy atom. The molecule has 0 saturated carbocycles. The van der Waals surface area contributed by atoms with Crippen LogP contribution >= 0.6 is 0 Å². The lowest BCUT2D eigenvalue weighted by atomic mass is 10.1. The summed E-state index contributed by atoms with van der Waals surface area (Å²) in [5.41, 5.74) is 7.68. The van der Waals surface area contributed by atoms with Crippen LogP contribution in [0.15, 0.2) is 159 Å². The summed E-state index contributed by atoms with van der Waals surface area (Å²) < 4.78 is 9.20. The third-order valence-electron chi connectivity index (χ3n) is 7.88. The third kappa shape index (κ3) is 5.65. The molecule has 0 N–H and O–H groups in total. The predicted octanol–water partition coefficient (Wildman–Crippen LogP) is 5.34. The standard InChI is InChI=1S/C38H34N4/c1-3-11-31(12-4-1)26-40-22-8-15-34(28-40)30-42-24-10-17-36-35-16-9-23-41(37(35)18-19-38(36)42)29-33-14-7-13-32(25-33)27-39-20-5-2-6-21-39/h1-25,28H,26-27,29-30H2/q+4. The molecule has 0 aliphatic carbocycles. The zero-order valence-electron chi connectivity index (χ0n) is 23.6. The number of fused-ring (bicyclic) bond motifs is 3. The van der Waals surface area contributed by atoms with Crippen LogP contribution in [0.1, 0.15) is 22.3 Å². The maximum absolute atomic E-state index is 2.37. The highest BCUT2D eigenvalue weighted by molar-refractivity contribution is 6.02. The van der Waals surface area contributed by atoms with Crippen molar-refractivity contribution in [1.82, 2.24) is 0 Å². The summed E-state index contributed by atoms with van der Waals surface area (Å²) in [6.07, 6.45) is 13.0. The second-order valence-corrected chi connectivity index (χ2v) is 10.9. The zero-order chi connectivity index (χ0) is 28.1. The van der Waals surface area contributed by atoms with Crippen molar-refractivity contribution >= 4 is 21.8 Å². The van der Waals surface area contributed by atoms with Gasteiger partial charge in [0.05, 0.1) is 16.3 Å². The topological polar surface area (TPSA) is 15.5 Å². The van der Waals surface area contributed by atoms with Gasteiger partial charge in [-0.15, -0.1) is 0 Å². The largest absolute Gasteiger partial charge is 0.213 e. The molecule has 4 nitrogen and oxygen atoms in total. The van der Waals surface area contributed by atoms with Gasteiger partial charge in [0.25, 0.3) is 0 Å². The van der Waals surface area contributed by atoms with Crippen LogP contribution in [0.25, 0.3) is 21.8 Å². The van der Waals surface area contributed by atoms with Gasteiger partial charge in [-0.05, 0) is 24.3 Å². The number of nitrogens with zero attached hydrogens (tertiary/aromatic N) is 4. The molecule has 7 aromatic rings. The van der Waals surface area contributed by atoms with Gasteiger partial charge in [0.1, 0.15) is 0 Å². The third-order valence-corrected chi connectivity index (χ3v) is 7.88. The summed E-state index contributed by atoms with van der Waals surface area (Å²) >= 11 is 0. The van der Waals surface area contributed by atoms with E-state index in [1.54, 1.807) is 0 Å². The molecule has 0 atom stereocenters. The molecule has 0 amide bonds. The summed E-state index contributed by atoms with van der Waals surface area (Å²) in [5, 5.41) is 2.54. The summed E-state index contributed by atoms with van der Waals surface area (Å²) in [5.74, 6) is 0. The Morgan fingerprint density at radius 1 is 0.357 bits per heavy atom. The number of aromatic nitrogens is 4. The van der Waals surface area contributed by atoms with Crippen molar-refractivity contribution in [2.75, 3.05) is 0 Å². The van der Waals surface area contributed by atoms with Crippen LogP contribution in [0, 0.1) is 0 Å². The van der Waals surface area contributed by atoms with E-state index in [-0.39, 0.29) is 0 Å². The van der Waals surface area contributed by atoms with Gasteiger partial charge in [-0.25, -0.2) is 9.13 Å². The zero-order valence-corrected chi connectivity index (χ0v) is 23.6. The molecular formula is C38H34N4+4. The molecule has 0 fully saturated rings. The quantitative estimate of drug-likeness (QED) is 0.181. The first-order valence-corrected chi connectivity index (χ1v) is 14.6. The van der Waals surface area contributed by atoms with E-state index in [0.29, 0.717) is 0 Å². The second-order valence-electron chi connectivity index (χ2n) is 10.9. The molecule has 202 valence electrons. The number of hydrogen-bond acceptors (Lipinski definition) is 0. The Kier molecular flexibility index (Phi) is 7.18. The Balaban J connectivity index is 1.17. The van der Waals surface area contributed by atoms with E-state index >= 15 is 0 Å². The SMILES string of the molecule is c1ccc(C[n+]2cccc(C[n+]3cccc4c5ccc[n+](Cc6cccc(C[n+]7ccccc7)c6)c5ccc43)c2)cc1. The van der Waals surface area contributed by atoms with E-state index in [0.717, 1.165) is 26.2 Å². The molecule has 4 heteroatoms. The monoisotopic (exact) mass is 546 g/mol. The highest BCUT2D eigenvalue weighted by Crippen LogP contribution is 2.21. The summed E-state index contributed by atoms with van der Waals surface area (Å²) in [6.45, 7) is 3.38. The molecule has 0 unspecified atom stereocenters. The maximum atomic E-state index is 2.37. The van der Waals surface area contributed by atoms with Crippen LogP contribution < -0.4 is 18.3 Å². The average molecular weight is 547 g/mol. The van der Waals surface area contributed by atoms with Gasteiger partial charge < -0.3 is 0 Å². The van der Waals surface area contributed by atoms with E-state index < -0.39 is 0 Å². The van der Waals surface area contributed by atoms with E-state index in [4.69, 9.17) is 0 Å². The van der Waals surface area contributed by atoms with E-state index in [1.165, 1.54) is 44.1 Å². The van der Waals surface area contributed by atoms with Gasteiger partial charge in [-0.1, -0.05) is 54.6 Å². The Morgan fingerprint density at radius 3 is 1.60 bits per heavy atom. The molecule has 4 aromatic heterocycles. The predicted molar refractivity (Wildman–Crippen MR) is 164 cm³/mol. The van der Waals surface area contributed by atoms with Crippen molar-refractivity contribution in [3.8, 4) is 0 Å². The highest BCUT2D eigenvalue weighted by Gasteiger charge is 2.18. The lowest BCUT2D eigenvalue weighted by Crippen LogP contribution is -2.38. The average Bonchev–Trinajstić information content (AvgIpc) is 3.03. The molecule has 4 heterocycles. The van der Waals surface area contributed by atoms with Crippen LogP contribution in [-0.4, -0.2) is 0 Å². The lowest BCUT2D eigenvalue weighted by Gasteiger charge is -2.06. The van der Waals surface area contributed by atoms with Gasteiger partial charge in [-0.2, -0.15) is 9.13 Å². The first kappa shape index (κ1) is 25.7. The fraction of sp³-hybridized carbons (Fsp3) is 0.105. The molecule has 0 radical (unpaired) electrons. The maximum Gasteiger partial charge on any atom is 0.213 e. The molecule has 0 bridgehead atoms. The number of hydrogen-bond donors (Lipinski definition) is 0. The minimum Gasteiger partial charge on any atom is -0.201 e. The molecular weight excluding hydrogens is 512 g/mol. The highest BCUT2D eigenvalue weighted by atomic mass is 15.0. The van der Waals surface area contributed by atoms with Gasteiger partial charge in [0, 0.05) is 59.2 Å². The van der Waals surface area contributed by atoms with Gasteiger partial charge in [0.2, 0.25) is 11.0 Å². The summed E-state index contributed by atoms with van der Waals surface area (Å²) in [6, 6.07) is 43.5. The van der Waals surface area contributed by atoms with Gasteiger partial charge >= 0.3 is 0 Å². The van der Waals surface area contributed by atoms with Crippen molar-refractivity contribution in [3.05, 3.63) is 181 Å². The Labute approximate surface area is 246 Å². The van der Waals surface area contributed by atoms with Crippen LogP contribution in [0.5, 0.6) is 0 Å². The minimum absolute atomic E-state index is 0.817. The molecule has 3 aromatic carbocycles. The minimum atomic E-state index is 0.817. The van der Waals surface area contributed by atoms with Crippen molar-refractivity contribution in [1.29, 1.82) is 0 Å². The number of pyridine rings is 4. The Hall–Kier alpha value is -5.22. The summed E-state index contributed by atoms with van der Waals surface area (Å²) in [7, 11) is 0. The fourth-order valence-electron chi connectivity index (χ4n) is 5.92. The van der Waals surface area contributed by atoms with Crippen molar-refractivity contribution in [3.63, 3.8) is 0 Å².